The Morgan fingerprint density at radius 1 is 1.42 bits per heavy atom. The number of H-pyrrole nitrogens is 1. The second-order valence-electron chi connectivity index (χ2n) is 5.79. The van der Waals surface area contributed by atoms with E-state index in [-0.39, 0.29) is 12.5 Å². The second kappa shape index (κ2) is 6.54. The van der Waals surface area contributed by atoms with Gasteiger partial charge < -0.3 is 10.4 Å². The third kappa shape index (κ3) is 3.52. The molecule has 1 unspecified atom stereocenters. The molecule has 0 aliphatic heterocycles. The van der Waals surface area contributed by atoms with Crippen molar-refractivity contribution in [2.45, 2.75) is 19.4 Å². The van der Waals surface area contributed by atoms with Gasteiger partial charge >= 0.3 is 0 Å². The summed E-state index contributed by atoms with van der Waals surface area (Å²) in [6.07, 6.45) is 0. The first-order valence-electron chi connectivity index (χ1n) is 7.48. The van der Waals surface area contributed by atoms with Gasteiger partial charge in [0.15, 0.2) is 5.82 Å². The molecule has 1 atom stereocenters. The van der Waals surface area contributed by atoms with Crippen LogP contribution in [0.4, 0.5) is 0 Å². The maximum atomic E-state index is 12.4. The first-order valence-corrected chi connectivity index (χ1v) is 8.43. The lowest BCUT2D eigenvalue weighted by Crippen LogP contribution is -2.38. The normalized spacial score (nSPS) is 13.5. The van der Waals surface area contributed by atoms with Crippen molar-refractivity contribution in [3.05, 3.63) is 58.0 Å². The summed E-state index contributed by atoms with van der Waals surface area (Å²) in [6, 6.07) is 8.94. The van der Waals surface area contributed by atoms with E-state index in [9.17, 15) is 9.90 Å². The summed E-state index contributed by atoms with van der Waals surface area (Å²) in [5.74, 6) is 1.01. The quantitative estimate of drug-likeness (QED) is 0.664. The average Bonchev–Trinajstić information content (AvgIpc) is 3.24. The number of benzene rings is 1. The van der Waals surface area contributed by atoms with Crippen molar-refractivity contribution < 1.29 is 9.90 Å². The molecule has 24 heavy (non-hydrogen) atoms. The van der Waals surface area contributed by atoms with Crippen molar-refractivity contribution in [1.82, 2.24) is 20.5 Å². The molecule has 7 heteroatoms. The Balaban J connectivity index is 1.71. The lowest BCUT2D eigenvalue weighted by Gasteiger charge is -2.22. The molecule has 3 N–H and O–H groups in total. The molecule has 0 radical (unpaired) electrons. The molecule has 1 aromatic carbocycles. The van der Waals surface area contributed by atoms with E-state index in [0.29, 0.717) is 17.2 Å². The molecule has 0 spiro atoms. The number of nitrogens with zero attached hydrogens (tertiary/aromatic N) is 2. The molecule has 124 valence electrons. The molecular weight excluding hydrogens is 324 g/mol. The number of aliphatic hydroxyl groups is 1. The minimum atomic E-state index is -1.10. The number of aromatic nitrogens is 3. The van der Waals surface area contributed by atoms with E-state index >= 15 is 0 Å². The Morgan fingerprint density at radius 2 is 2.25 bits per heavy atom. The molecule has 2 heterocycles. The SMILES string of the molecule is Cc1nc(-c2cccc(C(=O)NCC(C)(O)c3ccsc3)c2)n[nH]1. The van der Waals surface area contributed by atoms with Gasteiger partial charge in [0, 0.05) is 11.1 Å². The number of hydrogen-bond donors (Lipinski definition) is 3. The molecule has 0 aliphatic carbocycles. The van der Waals surface area contributed by atoms with E-state index in [1.807, 2.05) is 29.8 Å². The molecule has 3 aromatic rings. The van der Waals surface area contributed by atoms with Crippen LogP contribution in [0.3, 0.4) is 0 Å². The van der Waals surface area contributed by atoms with Crippen LogP contribution in [-0.2, 0) is 5.60 Å². The number of thiophene rings is 1. The first kappa shape index (κ1) is 16.4. The number of aromatic amines is 1. The predicted octanol–water partition coefficient (Wildman–Crippen LogP) is 2.48. The van der Waals surface area contributed by atoms with E-state index < -0.39 is 5.60 Å². The fraction of sp³-hybridized carbons (Fsp3) is 0.235. The van der Waals surface area contributed by atoms with Gasteiger partial charge in [0.25, 0.3) is 5.91 Å². The highest BCUT2D eigenvalue weighted by atomic mass is 32.1. The fourth-order valence-electron chi connectivity index (χ4n) is 2.30. The van der Waals surface area contributed by atoms with Gasteiger partial charge in [0.2, 0.25) is 0 Å². The van der Waals surface area contributed by atoms with Gasteiger partial charge in [0.1, 0.15) is 11.4 Å². The van der Waals surface area contributed by atoms with E-state index in [4.69, 9.17) is 0 Å². The molecule has 1 amide bonds. The van der Waals surface area contributed by atoms with Gasteiger partial charge in [-0.3, -0.25) is 9.89 Å². The van der Waals surface area contributed by atoms with E-state index in [1.165, 1.54) is 11.3 Å². The molecule has 0 fully saturated rings. The van der Waals surface area contributed by atoms with Gasteiger partial charge in [-0.15, -0.1) is 0 Å². The molecule has 0 bridgehead atoms. The summed E-state index contributed by atoms with van der Waals surface area (Å²) in [5.41, 5.74) is 0.944. The monoisotopic (exact) mass is 342 g/mol. The van der Waals surface area contributed by atoms with Crippen molar-refractivity contribution in [2.24, 2.45) is 0 Å². The fourth-order valence-corrected chi connectivity index (χ4v) is 3.08. The largest absolute Gasteiger partial charge is 0.384 e. The predicted molar refractivity (Wildman–Crippen MR) is 92.8 cm³/mol. The summed E-state index contributed by atoms with van der Waals surface area (Å²) >= 11 is 1.51. The molecule has 0 saturated carbocycles. The van der Waals surface area contributed by atoms with Crippen LogP contribution in [0, 0.1) is 6.92 Å². The lowest BCUT2D eigenvalue weighted by molar-refractivity contribution is 0.0530. The van der Waals surface area contributed by atoms with Crippen LogP contribution in [0.1, 0.15) is 28.7 Å². The van der Waals surface area contributed by atoms with Gasteiger partial charge in [-0.05, 0) is 48.4 Å². The van der Waals surface area contributed by atoms with Gasteiger partial charge in [-0.1, -0.05) is 12.1 Å². The topological polar surface area (TPSA) is 90.9 Å². The number of nitrogens with one attached hydrogen (secondary N) is 2. The summed E-state index contributed by atoms with van der Waals surface area (Å²) in [5, 5.41) is 23.9. The highest BCUT2D eigenvalue weighted by Gasteiger charge is 2.24. The Labute approximate surface area is 143 Å². The summed E-state index contributed by atoms with van der Waals surface area (Å²) in [6.45, 7) is 3.63. The van der Waals surface area contributed by atoms with Crippen LogP contribution in [0.25, 0.3) is 11.4 Å². The Morgan fingerprint density at radius 3 is 2.92 bits per heavy atom. The van der Waals surface area contributed by atoms with Gasteiger partial charge in [-0.25, -0.2) is 4.98 Å². The number of carbonyl (C=O) groups excluding carboxylic acids is 1. The zero-order valence-electron chi connectivity index (χ0n) is 13.4. The smallest absolute Gasteiger partial charge is 0.251 e. The maximum absolute atomic E-state index is 12.4. The zero-order valence-corrected chi connectivity index (χ0v) is 14.2. The van der Waals surface area contributed by atoms with Gasteiger partial charge in [-0.2, -0.15) is 16.4 Å². The van der Waals surface area contributed by atoms with Gasteiger partial charge in [0.05, 0.1) is 6.54 Å². The Hall–Kier alpha value is -2.51. The van der Waals surface area contributed by atoms with Crippen LogP contribution in [-0.4, -0.2) is 32.7 Å². The third-order valence-electron chi connectivity index (χ3n) is 3.72. The second-order valence-corrected chi connectivity index (χ2v) is 6.57. The van der Waals surface area contributed by atoms with Crippen LogP contribution in [0.2, 0.25) is 0 Å². The summed E-state index contributed by atoms with van der Waals surface area (Å²) in [4.78, 5) is 16.6. The van der Waals surface area contributed by atoms with E-state index in [2.05, 4.69) is 20.5 Å². The number of aryl methyl sites for hydroxylation is 1. The van der Waals surface area contributed by atoms with E-state index in [1.54, 1.807) is 25.1 Å². The third-order valence-corrected chi connectivity index (χ3v) is 4.40. The number of amides is 1. The van der Waals surface area contributed by atoms with Crippen LogP contribution in [0.15, 0.2) is 41.1 Å². The first-order chi connectivity index (χ1) is 11.5. The minimum Gasteiger partial charge on any atom is -0.384 e. The van der Waals surface area contributed by atoms with Crippen molar-refractivity contribution in [1.29, 1.82) is 0 Å². The van der Waals surface area contributed by atoms with Crippen LogP contribution >= 0.6 is 11.3 Å². The average molecular weight is 342 g/mol. The number of carbonyl (C=O) groups is 1. The zero-order chi connectivity index (χ0) is 17.2. The standard InChI is InChI=1S/C17H18N4O2S/c1-11-19-15(21-20-11)12-4-3-5-13(8-12)16(22)18-10-17(2,23)14-6-7-24-9-14/h3-9,23H,10H2,1-2H3,(H,18,22)(H,19,20,21). The highest BCUT2D eigenvalue weighted by molar-refractivity contribution is 7.08. The molecule has 6 nitrogen and oxygen atoms in total. The number of rotatable bonds is 5. The lowest BCUT2D eigenvalue weighted by atomic mass is 9.99. The molecule has 0 saturated heterocycles. The molecular formula is C17H18N4O2S. The molecule has 0 aliphatic rings. The van der Waals surface area contributed by atoms with Crippen molar-refractivity contribution in [3.8, 4) is 11.4 Å². The summed E-state index contributed by atoms with van der Waals surface area (Å²) < 4.78 is 0. The van der Waals surface area contributed by atoms with Crippen molar-refractivity contribution in [3.63, 3.8) is 0 Å². The van der Waals surface area contributed by atoms with Crippen LogP contribution < -0.4 is 5.32 Å². The Kier molecular flexibility index (Phi) is 4.46. The highest BCUT2D eigenvalue weighted by Crippen LogP contribution is 2.22. The van der Waals surface area contributed by atoms with Crippen molar-refractivity contribution >= 4 is 17.2 Å². The van der Waals surface area contributed by atoms with Crippen LogP contribution in [0.5, 0.6) is 0 Å². The van der Waals surface area contributed by atoms with E-state index in [0.717, 1.165) is 11.1 Å². The number of hydrogen-bond acceptors (Lipinski definition) is 5. The molecule has 3 rings (SSSR count). The maximum Gasteiger partial charge on any atom is 0.251 e. The summed E-state index contributed by atoms with van der Waals surface area (Å²) in [7, 11) is 0. The minimum absolute atomic E-state index is 0.132. The Bertz CT molecular complexity index is 840. The molecule has 2 aromatic heterocycles. The van der Waals surface area contributed by atoms with Crippen molar-refractivity contribution in [2.75, 3.05) is 6.54 Å².